The fraction of sp³-hybridized carbons (Fsp3) is 0.102. The minimum Gasteiger partial charge on any atom is -0.496 e. The van der Waals surface area contributed by atoms with Crippen molar-refractivity contribution in [3.05, 3.63) is 483 Å². The summed E-state index contributed by atoms with van der Waals surface area (Å²) in [7, 11) is 1.61. The number of esters is 8. The number of carbonyl (C=O) groups excluding carboxylic acids is 8. The van der Waals surface area contributed by atoms with Crippen LogP contribution in [0.2, 0.25) is 10.0 Å². The van der Waals surface area contributed by atoms with Crippen molar-refractivity contribution in [2.75, 3.05) is 33.5 Å². The van der Waals surface area contributed by atoms with Gasteiger partial charge in [0.25, 0.3) is 0 Å². The van der Waals surface area contributed by atoms with Gasteiger partial charge in [0.1, 0.15) is 29.6 Å². The van der Waals surface area contributed by atoms with Crippen LogP contribution < -0.4 is 23.7 Å². The Hall–Kier alpha value is -17.6. The maximum Gasteiger partial charge on any atom is 0.335 e. The van der Waals surface area contributed by atoms with Crippen molar-refractivity contribution >= 4 is 174 Å². The fourth-order valence-electron chi connectivity index (χ4n) is 17.0. The first kappa shape index (κ1) is 106. The molecule has 2 aliphatic rings. The molecule has 0 amide bonds. The van der Waals surface area contributed by atoms with Crippen LogP contribution in [0.15, 0.2) is 434 Å². The zero-order chi connectivity index (χ0) is 103. The topological polar surface area (TPSA) is 220 Å². The molecule has 0 aliphatic heterocycles. The lowest BCUT2D eigenvalue weighted by Gasteiger charge is -2.14. The van der Waals surface area contributed by atoms with Crippen LogP contribution in [-0.2, 0) is 83.0 Å². The van der Waals surface area contributed by atoms with E-state index in [9.17, 15) is 38.4 Å². The third-order valence-electron chi connectivity index (χ3n) is 23.8. The van der Waals surface area contributed by atoms with Crippen LogP contribution in [0.4, 0.5) is 0 Å². The maximum atomic E-state index is 11.3. The number of ether oxygens (including phenoxy) is 9. The number of carbonyl (C=O) groups is 8. The van der Waals surface area contributed by atoms with Crippen LogP contribution >= 0.6 is 23.2 Å². The molecular weight excluding hydrogens is 1870 g/mol. The van der Waals surface area contributed by atoms with E-state index in [0.29, 0.717) is 70.4 Å². The summed E-state index contributed by atoms with van der Waals surface area (Å²) < 4.78 is 46.2. The normalized spacial score (nSPS) is 10.9. The zero-order valence-corrected chi connectivity index (χ0v) is 82.4. The number of fused-ring (bicyclic) bond motifs is 11. The molecule has 730 valence electrons. The minimum absolute atomic E-state index is 0.122. The first-order valence-electron chi connectivity index (χ1n) is 47.0. The number of rotatable bonds is 26. The number of hydrogen-bond donors (Lipinski definition) is 0. The summed E-state index contributed by atoms with van der Waals surface area (Å²) in [5.41, 5.74) is 11.5. The van der Waals surface area contributed by atoms with Crippen molar-refractivity contribution < 1.29 is 81.0 Å². The Labute approximate surface area is 857 Å². The van der Waals surface area contributed by atoms with E-state index in [2.05, 4.69) is 204 Å². The molecule has 0 N–H and O–H groups in total. The molecule has 0 heterocycles. The van der Waals surface area contributed by atoms with Gasteiger partial charge in [-0.3, -0.25) is 0 Å². The van der Waals surface area contributed by atoms with Crippen molar-refractivity contribution in [2.45, 2.75) is 51.4 Å². The molecule has 0 bridgehead atoms. The number of halogens is 2. The Kier molecular flexibility index (Phi) is 38.2. The molecule has 0 saturated carbocycles. The van der Waals surface area contributed by atoms with Crippen molar-refractivity contribution in [1.82, 2.24) is 0 Å². The summed E-state index contributed by atoms with van der Waals surface area (Å²) in [4.78, 5) is 89.3. The summed E-state index contributed by atoms with van der Waals surface area (Å²) in [6, 6.07) is 108. The van der Waals surface area contributed by atoms with Gasteiger partial charge in [-0.25, -0.2) is 38.4 Å². The zero-order valence-electron chi connectivity index (χ0n) is 80.9. The van der Waals surface area contributed by atoms with Gasteiger partial charge in [-0.1, -0.05) is 373 Å². The Balaban J connectivity index is 0.000000140. The Morgan fingerprint density at radius 2 is 0.760 bits per heavy atom. The lowest BCUT2D eigenvalue weighted by Crippen LogP contribution is -2.10. The van der Waals surface area contributed by atoms with Gasteiger partial charge in [0.2, 0.25) is 0 Å². The van der Waals surface area contributed by atoms with Gasteiger partial charge in [0.15, 0.2) is 5.75 Å². The molecule has 19 heteroatoms. The molecule has 17 nitrogen and oxygen atoms in total. The largest absolute Gasteiger partial charge is 0.496 e. The molecule has 0 radical (unpaired) electrons. The van der Waals surface area contributed by atoms with Crippen LogP contribution in [0.25, 0.3) is 114 Å². The van der Waals surface area contributed by atoms with Crippen LogP contribution in [0.3, 0.4) is 0 Å². The molecule has 0 spiro atoms. The second-order valence-electron chi connectivity index (χ2n) is 33.2. The highest BCUT2D eigenvalue weighted by Crippen LogP contribution is 2.46. The molecule has 0 atom stereocenters. The molecule has 146 heavy (non-hydrogen) atoms. The molecule has 18 aromatic carbocycles. The number of unbranched alkanes of at least 4 members (excludes halogenated alkanes) is 1. The quantitative estimate of drug-likeness (QED) is 0.0123. The third kappa shape index (κ3) is 27.6. The summed E-state index contributed by atoms with van der Waals surface area (Å²) in [5.74, 6) is -0.482. The number of aryl methyl sites for hydroxylation is 1. The van der Waals surface area contributed by atoms with Crippen LogP contribution in [0.1, 0.15) is 64.6 Å². The predicted molar refractivity (Wildman–Crippen MR) is 590 cm³/mol. The first-order valence-corrected chi connectivity index (χ1v) is 47.8. The fourth-order valence-corrected chi connectivity index (χ4v) is 17.5. The van der Waals surface area contributed by atoms with Gasteiger partial charge < -0.3 is 42.6 Å². The maximum absolute atomic E-state index is 11.3. The van der Waals surface area contributed by atoms with Gasteiger partial charge in [-0.2, -0.15) is 0 Å². The smallest absolute Gasteiger partial charge is 0.335 e. The molecule has 18 aromatic rings. The van der Waals surface area contributed by atoms with E-state index in [1.54, 1.807) is 50.4 Å². The van der Waals surface area contributed by atoms with Crippen molar-refractivity contribution in [2.24, 2.45) is 0 Å². The van der Waals surface area contributed by atoms with Crippen molar-refractivity contribution in [1.29, 1.82) is 0 Å². The second kappa shape index (κ2) is 52.7. The molecule has 0 unspecified atom stereocenters. The average Bonchev–Trinajstić information content (AvgIpc) is 0.908. The van der Waals surface area contributed by atoms with Gasteiger partial charge in [0, 0.05) is 93.8 Å². The van der Waals surface area contributed by atoms with Gasteiger partial charge in [0.05, 0.1) is 37.0 Å². The molecule has 0 aromatic heterocycles. The molecular formula is C127H106Cl2O17. The highest BCUT2D eigenvalue weighted by atomic mass is 35.5. The summed E-state index contributed by atoms with van der Waals surface area (Å²) in [6.07, 6.45) is 17.5. The van der Waals surface area contributed by atoms with Crippen LogP contribution in [0, 0.1) is 0 Å². The first-order chi connectivity index (χ1) is 71.0. The number of hydrogen-bond acceptors (Lipinski definition) is 17. The van der Waals surface area contributed by atoms with Gasteiger partial charge >= 0.3 is 47.8 Å². The lowest BCUT2D eigenvalue weighted by molar-refractivity contribution is -0.139. The number of benzene rings is 18. The highest BCUT2D eigenvalue weighted by Gasteiger charge is 2.29. The summed E-state index contributed by atoms with van der Waals surface area (Å²) >= 11 is 12.1. The van der Waals surface area contributed by atoms with E-state index >= 15 is 0 Å². The molecule has 20 rings (SSSR count). The van der Waals surface area contributed by atoms with E-state index in [1.807, 2.05) is 152 Å². The van der Waals surface area contributed by atoms with Gasteiger partial charge in [-0.05, 0) is 195 Å². The number of allylic oxidation sites excluding steroid dienone is 1. The lowest BCUT2D eigenvalue weighted by atomic mass is 9.90. The number of methoxy groups -OCH3 is 1. The van der Waals surface area contributed by atoms with E-state index < -0.39 is 23.9 Å². The van der Waals surface area contributed by atoms with E-state index in [0.717, 1.165) is 94.8 Å². The second-order valence-corrected chi connectivity index (χ2v) is 34.0. The Morgan fingerprint density at radius 1 is 0.329 bits per heavy atom. The summed E-state index contributed by atoms with van der Waals surface area (Å²) in [6.45, 7) is 30.5. The standard InChI is InChI=1S/C23H20O2.C17H14O2.C17H12O2.C16H16O2.C15H14O2.C14H12O3.C13H8Cl2O2.C12H10O2/c1-2-21(24)25-14-4-3-7-18-15-19-10-5-8-16-12-13-17-9-6-11-20(18)23(17)22(16)19;1-2-17(18)19-11-16-14-9-5-3-7-12(14)13-8-4-6-10-15(13)16;1-2-17(18)19-16-9-5-8-14-13-7-4-3-6-12(13)10-11-15(14)16;1-12(2)16(17)18-11-10-14-8-5-7-13-6-3-4-9-15(13)14;1-2-15(16)17-11-10-13-8-5-7-12-6-3-4-9-14(12)13;1-3-14(15)17-13-9-8-12(16-2)10-6-4-5-7-11(10)13;1-2-12(16)17-13-9-6-4-3-5-8(9)10(14)7-11(13)15;1-2-12(13)14-11-7-6-9-4-3-5-10(9)8-11/h2,5-6,8-13,15H,1,3-4,7,14H2;2-10,16H,1,11H2;2-11H,1H2;3-9H,1,10-11H2,2H3;2-9H,1,10-11H2;3-9H,1H2,2H3;2-7H,1H2;2-4,6-8H,1,5H2. The third-order valence-corrected chi connectivity index (χ3v) is 24.4. The Bertz CT molecular complexity index is 7930. The van der Waals surface area contributed by atoms with Crippen molar-refractivity contribution in [3.63, 3.8) is 0 Å². The molecule has 0 fully saturated rings. The summed E-state index contributed by atoms with van der Waals surface area (Å²) in [5, 5.41) is 21.2. The highest BCUT2D eigenvalue weighted by molar-refractivity contribution is 6.40. The molecule has 2 aliphatic carbocycles. The average molecular weight is 1980 g/mol. The van der Waals surface area contributed by atoms with E-state index in [4.69, 9.17) is 65.8 Å². The van der Waals surface area contributed by atoms with E-state index in [-0.39, 0.29) is 29.8 Å². The minimum atomic E-state index is -0.556. The Morgan fingerprint density at radius 3 is 1.36 bits per heavy atom. The SMILES string of the molecule is C=C(C)C(=O)OCCc1cccc2ccccc12.C=CC(=O)OCC1c2ccccc2-c2ccccc21.C=CC(=O)OCCCCc1cc2cccc3ccc4cccc1c4c32.C=CC(=O)OCCc1cccc2ccccc12.C=CC(=O)Oc1c(Cl)cc(Cl)c2ccccc12.C=CC(=O)Oc1ccc(OC)c2ccccc12.C=CC(=O)Oc1ccc2c(c1)CC=C2.C=CC(=O)Oc1cccc2c1ccc1ccccc12. The van der Waals surface area contributed by atoms with Crippen LogP contribution in [0.5, 0.6) is 28.7 Å². The van der Waals surface area contributed by atoms with E-state index in [1.165, 1.54) is 134 Å². The predicted octanol–water partition coefficient (Wildman–Crippen LogP) is 29.4. The monoisotopic (exact) mass is 1970 g/mol. The van der Waals surface area contributed by atoms with Crippen LogP contribution in [-0.4, -0.2) is 81.3 Å². The van der Waals surface area contributed by atoms with Gasteiger partial charge in [-0.15, -0.1) is 0 Å². The molecule has 0 saturated heterocycles. The van der Waals surface area contributed by atoms with Crippen molar-refractivity contribution in [3.8, 4) is 39.9 Å².